The van der Waals surface area contributed by atoms with Gasteiger partial charge in [-0.05, 0) is 72.7 Å². The first-order valence-corrected chi connectivity index (χ1v) is 13.5. The Morgan fingerprint density at radius 1 is 0.786 bits per heavy atom. The Bertz CT molecular complexity index is 1660. The summed E-state index contributed by atoms with van der Waals surface area (Å²) in [6.45, 7) is 1.54. The van der Waals surface area contributed by atoms with Gasteiger partial charge in [-0.25, -0.2) is 14.6 Å². The molecule has 4 aromatic carbocycles. The fourth-order valence-electron chi connectivity index (χ4n) is 4.24. The lowest BCUT2D eigenvalue weighted by molar-refractivity contribution is -0.121. The number of amides is 5. The summed E-state index contributed by atoms with van der Waals surface area (Å²) in [4.78, 5) is 54.8. The number of para-hydroxylation sites is 2. The Hall–Kier alpha value is -4.92. The van der Waals surface area contributed by atoms with Crippen LogP contribution >= 0.6 is 23.2 Å². The molecule has 0 saturated carbocycles. The summed E-state index contributed by atoms with van der Waals surface area (Å²) in [6, 6.07) is 25.7. The van der Waals surface area contributed by atoms with Gasteiger partial charge >= 0.3 is 6.03 Å². The number of carbonyl (C=O) groups is 4. The molecule has 5 rings (SSSR count). The van der Waals surface area contributed by atoms with Crippen LogP contribution in [0.5, 0.6) is 5.75 Å². The first kappa shape index (κ1) is 28.6. The monoisotopic (exact) mass is 599 g/mol. The zero-order chi connectivity index (χ0) is 29.8. The first-order chi connectivity index (χ1) is 20.2. The van der Waals surface area contributed by atoms with E-state index in [4.69, 9.17) is 27.9 Å². The molecule has 0 bridgehead atoms. The molecule has 42 heavy (non-hydrogen) atoms. The summed E-state index contributed by atoms with van der Waals surface area (Å²) in [5.41, 5.74) is 2.24. The maximum atomic E-state index is 13.5. The number of ether oxygens (including phenoxy) is 1. The maximum Gasteiger partial charge on any atom is 0.343 e. The molecular formula is C32H23Cl2N3O5. The van der Waals surface area contributed by atoms with Crippen LogP contribution in [0, 0.1) is 6.92 Å². The molecule has 5 amide bonds. The third-order valence-corrected chi connectivity index (χ3v) is 7.06. The lowest BCUT2D eigenvalue weighted by atomic mass is 10.0. The SMILES string of the molecule is Cc1ccc(NC(=O)COc2ccc(C=C3C(=O)N(c4ccccc4)C(=O)N(c4ccccc4)C3=O)cc2Cl)cc1Cl. The minimum Gasteiger partial charge on any atom is -0.482 e. The summed E-state index contributed by atoms with van der Waals surface area (Å²) < 4.78 is 5.58. The minimum atomic E-state index is -0.785. The smallest absolute Gasteiger partial charge is 0.343 e. The van der Waals surface area contributed by atoms with Gasteiger partial charge in [-0.15, -0.1) is 0 Å². The Balaban J connectivity index is 1.38. The lowest BCUT2D eigenvalue weighted by Gasteiger charge is -2.33. The highest BCUT2D eigenvalue weighted by atomic mass is 35.5. The standard InChI is InChI=1S/C32H23Cl2N3O5/c1-20-12-14-22(18-26(20)33)35-29(38)19-42-28-15-13-21(17-27(28)34)16-25-30(39)36(23-8-4-2-5-9-23)32(41)37(31(25)40)24-10-6-3-7-11-24/h2-18H,19H2,1H3,(H,35,38). The van der Waals surface area contributed by atoms with Crippen LogP contribution in [0.1, 0.15) is 11.1 Å². The second-order valence-electron chi connectivity index (χ2n) is 9.28. The molecule has 1 N–H and O–H groups in total. The van der Waals surface area contributed by atoms with Gasteiger partial charge in [0, 0.05) is 10.7 Å². The third kappa shape index (κ3) is 6.05. The molecule has 1 saturated heterocycles. The number of anilines is 3. The summed E-state index contributed by atoms with van der Waals surface area (Å²) >= 11 is 12.5. The second-order valence-corrected chi connectivity index (χ2v) is 10.1. The van der Waals surface area contributed by atoms with Crippen molar-refractivity contribution in [1.82, 2.24) is 0 Å². The van der Waals surface area contributed by atoms with Crippen molar-refractivity contribution in [1.29, 1.82) is 0 Å². The van der Waals surface area contributed by atoms with Crippen molar-refractivity contribution in [3.63, 3.8) is 0 Å². The fourth-order valence-corrected chi connectivity index (χ4v) is 4.66. The zero-order valence-electron chi connectivity index (χ0n) is 22.2. The fraction of sp³-hybridized carbons (Fsp3) is 0.0625. The molecule has 0 spiro atoms. The normalized spacial score (nSPS) is 13.3. The largest absolute Gasteiger partial charge is 0.482 e. The summed E-state index contributed by atoms with van der Waals surface area (Å²) in [7, 11) is 0. The quantitative estimate of drug-likeness (QED) is 0.184. The lowest BCUT2D eigenvalue weighted by Crippen LogP contribution is -2.57. The molecule has 1 fully saturated rings. The number of carbonyl (C=O) groups excluding carboxylic acids is 4. The van der Waals surface area contributed by atoms with Gasteiger partial charge in [-0.2, -0.15) is 0 Å². The van der Waals surface area contributed by atoms with Crippen LogP contribution in [0.15, 0.2) is 103 Å². The van der Waals surface area contributed by atoms with Gasteiger partial charge in [-0.1, -0.05) is 71.7 Å². The number of rotatable bonds is 7. The van der Waals surface area contributed by atoms with Crippen molar-refractivity contribution >= 4 is 70.1 Å². The molecule has 0 aliphatic carbocycles. The molecule has 10 heteroatoms. The number of imide groups is 2. The van der Waals surface area contributed by atoms with Crippen LogP contribution in [0.3, 0.4) is 0 Å². The average Bonchev–Trinajstić information content (AvgIpc) is 2.98. The first-order valence-electron chi connectivity index (χ1n) is 12.8. The highest BCUT2D eigenvalue weighted by Gasteiger charge is 2.43. The number of urea groups is 1. The van der Waals surface area contributed by atoms with Crippen LogP contribution in [0.4, 0.5) is 21.9 Å². The zero-order valence-corrected chi connectivity index (χ0v) is 23.7. The Labute approximate surface area is 251 Å². The van der Waals surface area contributed by atoms with E-state index in [1.807, 2.05) is 6.92 Å². The van der Waals surface area contributed by atoms with E-state index in [1.165, 1.54) is 18.2 Å². The van der Waals surface area contributed by atoms with Crippen LogP contribution in [0.25, 0.3) is 6.08 Å². The van der Waals surface area contributed by atoms with E-state index < -0.39 is 23.8 Å². The number of benzene rings is 4. The van der Waals surface area contributed by atoms with Gasteiger partial charge in [0.15, 0.2) is 6.61 Å². The average molecular weight is 600 g/mol. The van der Waals surface area contributed by atoms with Crippen LogP contribution in [-0.2, 0) is 14.4 Å². The van der Waals surface area contributed by atoms with Crippen molar-refractivity contribution in [2.24, 2.45) is 0 Å². The molecule has 0 aromatic heterocycles. The van der Waals surface area contributed by atoms with Crippen LogP contribution < -0.4 is 19.9 Å². The van der Waals surface area contributed by atoms with E-state index in [2.05, 4.69) is 5.32 Å². The molecule has 8 nitrogen and oxygen atoms in total. The molecule has 210 valence electrons. The van der Waals surface area contributed by atoms with Crippen LogP contribution in [-0.4, -0.2) is 30.4 Å². The Kier molecular flexibility index (Phi) is 8.38. The molecule has 1 heterocycles. The van der Waals surface area contributed by atoms with E-state index in [-0.39, 0.29) is 23.0 Å². The summed E-state index contributed by atoms with van der Waals surface area (Å²) in [6.07, 6.45) is 1.37. The van der Waals surface area contributed by atoms with E-state index >= 15 is 0 Å². The predicted octanol–water partition coefficient (Wildman–Crippen LogP) is 6.90. The number of hydrogen-bond donors (Lipinski definition) is 1. The van der Waals surface area contributed by atoms with Gasteiger partial charge in [0.1, 0.15) is 11.3 Å². The molecule has 0 atom stereocenters. The van der Waals surface area contributed by atoms with E-state index in [0.29, 0.717) is 27.6 Å². The number of nitrogens with zero attached hydrogens (tertiary/aromatic N) is 2. The van der Waals surface area contributed by atoms with Gasteiger partial charge in [0.2, 0.25) is 0 Å². The molecule has 4 aromatic rings. The van der Waals surface area contributed by atoms with Gasteiger partial charge in [0.05, 0.1) is 16.4 Å². The number of aryl methyl sites for hydroxylation is 1. The number of halogens is 2. The van der Waals surface area contributed by atoms with Crippen molar-refractivity contribution in [3.8, 4) is 5.75 Å². The van der Waals surface area contributed by atoms with Gasteiger partial charge in [-0.3, -0.25) is 14.4 Å². The van der Waals surface area contributed by atoms with Crippen LogP contribution in [0.2, 0.25) is 10.0 Å². The van der Waals surface area contributed by atoms with Crippen molar-refractivity contribution < 1.29 is 23.9 Å². The van der Waals surface area contributed by atoms with E-state index in [1.54, 1.807) is 84.9 Å². The predicted molar refractivity (Wildman–Crippen MR) is 163 cm³/mol. The number of hydrogen-bond acceptors (Lipinski definition) is 5. The third-order valence-electron chi connectivity index (χ3n) is 6.36. The maximum absolute atomic E-state index is 13.5. The molecule has 0 radical (unpaired) electrons. The second kappa shape index (κ2) is 12.3. The Morgan fingerprint density at radius 2 is 1.38 bits per heavy atom. The van der Waals surface area contributed by atoms with E-state index in [0.717, 1.165) is 15.4 Å². The van der Waals surface area contributed by atoms with Crippen molar-refractivity contribution in [2.45, 2.75) is 6.92 Å². The number of nitrogens with one attached hydrogen (secondary N) is 1. The minimum absolute atomic E-state index is 0.155. The van der Waals surface area contributed by atoms with E-state index in [9.17, 15) is 19.2 Å². The molecule has 1 aliphatic heterocycles. The van der Waals surface area contributed by atoms with Crippen molar-refractivity contribution in [2.75, 3.05) is 21.7 Å². The highest BCUT2D eigenvalue weighted by Crippen LogP contribution is 2.31. The molecule has 1 aliphatic rings. The topological polar surface area (TPSA) is 96.0 Å². The van der Waals surface area contributed by atoms with Crippen molar-refractivity contribution in [3.05, 3.63) is 124 Å². The summed E-state index contributed by atoms with van der Waals surface area (Å²) in [5.74, 6) is -1.73. The van der Waals surface area contributed by atoms with Gasteiger partial charge in [0.25, 0.3) is 17.7 Å². The highest BCUT2D eigenvalue weighted by molar-refractivity contribution is 6.46. The van der Waals surface area contributed by atoms with Gasteiger partial charge < -0.3 is 10.1 Å². The number of barbiturate groups is 1. The Morgan fingerprint density at radius 3 is 1.93 bits per heavy atom. The molecular weight excluding hydrogens is 577 g/mol. The molecule has 0 unspecified atom stereocenters. The summed E-state index contributed by atoms with van der Waals surface area (Å²) in [5, 5.41) is 3.38.